The zero-order valence-electron chi connectivity index (χ0n) is 12.1. The minimum absolute atomic E-state index is 0.0895. The fraction of sp³-hybridized carbons (Fsp3) is 0.385. The summed E-state index contributed by atoms with van der Waals surface area (Å²) in [6.07, 6.45) is 3.02. The van der Waals surface area contributed by atoms with Crippen molar-refractivity contribution in [2.24, 2.45) is 0 Å². The van der Waals surface area contributed by atoms with Crippen molar-refractivity contribution in [2.45, 2.75) is 26.3 Å². The Morgan fingerprint density at radius 2 is 2.19 bits per heavy atom. The number of likely N-dealkylation sites (N-methyl/N-ethyl adjacent to an activating group) is 1. The van der Waals surface area contributed by atoms with Gasteiger partial charge in [0, 0.05) is 19.3 Å². The molecule has 2 amide bonds. The van der Waals surface area contributed by atoms with E-state index in [1.807, 2.05) is 13.8 Å². The fourth-order valence-corrected chi connectivity index (χ4v) is 1.60. The second-order valence-corrected chi connectivity index (χ2v) is 4.82. The van der Waals surface area contributed by atoms with E-state index in [0.29, 0.717) is 5.69 Å². The molecular weight excluding hydrogens is 274 g/mol. The van der Waals surface area contributed by atoms with Crippen LogP contribution >= 0.6 is 0 Å². The van der Waals surface area contributed by atoms with E-state index < -0.39 is 5.91 Å². The highest BCUT2D eigenvalue weighted by atomic mass is 16.5. The van der Waals surface area contributed by atoms with E-state index in [4.69, 9.17) is 4.52 Å². The maximum Gasteiger partial charge on any atom is 0.294 e. The summed E-state index contributed by atoms with van der Waals surface area (Å²) in [6, 6.07) is 1.61. The predicted octanol–water partition coefficient (Wildman–Crippen LogP) is 0.993. The first-order chi connectivity index (χ1) is 9.99. The number of amides is 2. The standard InChI is InChI=1S/C13H17N5O3/c1-8(2)10-4-11(21-17-10)13(20)16-9-5-15-18(6-9)7-12(19)14-3/h4-6,8H,7H2,1-3H3,(H,14,19)(H,16,20). The molecule has 0 radical (unpaired) electrons. The van der Waals surface area contributed by atoms with Gasteiger partial charge in [-0.1, -0.05) is 19.0 Å². The Morgan fingerprint density at radius 3 is 2.81 bits per heavy atom. The van der Waals surface area contributed by atoms with Gasteiger partial charge >= 0.3 is 0 Å². The third-order valence-corrected chi connectivity index (χ3v) is 2.82. The zero-order chi connectivity index (χ0) is 15.4. The smallest absolute Gasteiger partial charge is 0.294 e. The summed E-state index contributed by atoms with van der Waals surface area (Å²) in [5.74, 6) is -0.259. The molecule has 0 atom stereocenters. The number of anilines is 1. The largest absolute Gasteiger partial charge is 0.358 e. The van der Waals surface area contributed by atoms with Gasteiger partial charge in [-0.25, -0.2) is 0 Å². The normalized spacial score (nSPS) is 10.7. The Labute approximate surface area is 121 Å². The van der Waals surface area contributed by atoms with Gasteiger partial charge in [0.1, 0.15) is 6.54 Å². The summed E-state index contributed by atoms with van der Waals surface area (Å²) in [6.45, 7) is 4.01. The number of rotatable bonds is 5. The van der Waals surface area contributed by atoms with Gasteiger partial charge < -0.3 is 15.2 Å². The minimum Gasteiger partial charge on any atom is -0.358 e. The van der Waals surface area contributed by atoms with E-state index in [2.05, 4.69) is 20.9 Å². The molecule has 2 heterocycles. The highest BCUT2D eigenvalue weighted by Gasteiger charge is 2.15. The average molecular weight is 291 g/mol. The first kappa shape index (κ1) is 14.8. The molecule has 0 saturated heterocycles. The minimum atomic E-state index is -0.408. The van der Waals surface area contributed by atoms with Crippen molar-refractivity contribution in [3.8, 4) is 0 Å². The summed E-state index contributed by atoms with van der Waals surface area (Å²) < 4.78 is 6.42. The van der Waals surface area contributed by atoms with Gasteiger partial charge in [-0.15, -0.1) is 0 Å². The van der Waals surface area contributed by atoms with Crippen molar-refractivity contribution < 1.29 is 14.1 Å². The van der Waals surface area contributed by atoms with Crippen LogP contribution in [0.1, 0.15) is 36.0 Å². The number of hydrogen-bond acceptors (Lipinski definition) is 5. The number of nitrogens with zero attached hydrogens (tertiary/aromatic N) is 3. The van der Waals surface area contributed by atoms with E-state index in [1.165, 1.54) is 10.9 Å². The summed E-state index contributed by atoms with van der Waals surface area (Å²) in [7, 11) is 1.55. The summed E-state index contributed by atoms with van der Waals surface area (Å²) in [5, 5.41) is 12.9. The van der Waals surface area contributed by atoms with Gasteiger partial charge in [0.2, 0.25) is 11.7 Å². The Hall–Kier alpha value is -2.64. The molecule has 112 valence electrons. The van der Waals surface area contributed by atoms with Crippen molar-refractivity contribution in [1.82, 2.24) is 20.3 Å². The predicted molar refractivity (Wildman–Crippen MR) is 74.8 cm³/mol. The third kappa shape index (κ3) is 3.68. The summed E-state index contributed by atoms with van der Waals surface area (Å²) in [4.78, 5) is 23.2. The lowest BCUT2D eigenvalue weighted by Crippen LogP contribution is -2.23. The van der Waals surface area contributed by atoms with Crippen LogP contribution in [0, 0.1) is 0 Å². The van der Waals surface area contributed by atoms with E-state index in [0.717, 1.165) is 5.69 Å². The molecule has 0 fully saturated rings. The average Bonchev–Trinajstić information content (AvgIpc) is 3.07. The molecule has 0 aliphatic heterocycles. The third-order valence-electron chi connectivity index (χ3n) is 2.82. The lowest BCUT2D eigenvalue weighted by molar-refractivity contribution is -0.121. The van der Waals surface area contributed by atoms with E-state index >= 15 is 0 Å². The Bertz CT molecular complexity index is 644. The molecular formula is C13H17N5O3. The molecule has 0 aliphatic carbocycles. The zero-order valence-corrected chi connectivity index (χ0v) is 12.1. The first-order valence-corrected chi connectivity index (χ1v) is 6.50. The van der Waals surface area contributed by atoms with Crippen LogP contribution in [-0.4, -0.2) is 33.8 Å². The Balaban J connectivity index is 2.00. The number of carbonyl (C=O) groups is 2. The van der Waals surface area contributed by atoms with Crippen LogP contribution in [0.4, 0.5) is 5.69 Å². The van der Waals surface area contributed by atoms with Crippen LogP contribution < -0.4 is 10.6 Å². The first-order valence-electron chi connectivity index (χ1n) is 6.50. The molecule has 8 heteroatoms. The van der Waals surface area contributed by atoms with Gasteiger partial charge in [-0.2, -0.15) is 5.10 Å². The van der Waals surface area contributed by atoms with Crippen LogP contribution in [0.5, 0.6) is 0 Å². The van der Waals surface area contributed by atoms with Crippen molar-refractivity contribution in [3.05, 3.63) is 29.9 Å². The van der Waals surface area contributed by atoms with E-state index in [-0.39, 0.29) is 24.1 Å². The number of nitrogens with one attached hydrogen (secondary N) is 2. The molecule has 2 N–H and O–H groups in total. The van der Waals surface area contributed by atoms with Gasteiger partial charge in [0.25, 0.3) is 5.91 Å². The second-order valence-electron chi connectivity index (χ2n) is 4.82. The second kappa shape index (κ2) is 6.21. The van der Waals surface area contributed by atoms with Crippen LogP contribution in [0.3, 0.4) is 0 Å². The van der Waals surface area contributed by atoms with Crippen LogP contribution in [0.2, 0.25) is 0 Å². The fourth-order valence-electron chi connectivity index (χ4n) is 1.60. The van der Waals surface area contributed by atoms with Crippen molar-refractivity contribution in [2.75, 3.05) is 12.4 Å². The quantitative estimate of drug-likeness (QED) is 0.855. The van der Waals surface area contributed by atoms with Crippen molar-refractivity contribution in [1.29, 1.82) is 0 Å². The van der Waals surface area contributed by atoms with E-state index in [1.54, 1.807) is 19.3 Å². The van der Waals surface area contributed by atoms with Gasteiger partial charge in [-0.3, -0.25) is 14.3 Å². The molecule has 0 saturated carbocycles. The molecule has 0 unspecified atom stereocenters. The molecule has 0 bridgehead atoms. The van der Waals surface area contributed by atoms with Crippen LogP contribution in [0.15, 0.2) is 23.0 Å². The van der Waals surface area contributed by atoms with Gasteiger partial charge in [0.05, 0.1) is 17.6 Å². The van der Waals surface area contributed by atoms with Crippen LogP contribution in [0.25, 0.3) is 0 Å². The summed E-state index contributed by atoms with van der Waals surface area (Å²) >= 11 is 0. The number of hydrogen-bond donors (Lipinski definition) is 2. The lowest BCUT2D eigenvalue weighted by atomic mass is 10.1. The molecule has 0 aromatic carbocycles. The molecule has 0 spiro atoms. The van der Waals surface area contributed by atoms with Gasteiger partial charge in [-0.05, 0) is 5.92 Å². The highest BCUT2D eigenvalue weighted by molar-refractivity contribution is 6.02. The monoisotopic (exact) mass is 291 g/mol. The molecule has 0 aliphatic rings. The molecule has 2 aromatic heterocycles. The molecule has 2 rings (SSSR count). The Morgan fingerprint density at radius 1 is 1.43 bits per heavy atom. The van der Waals surface area contributed by atoms with Crippen molar-refractivity contribution >= 4 is 17.5 Å². The molecule has 2 aromatic rings. The van der Waals surface area contributed by atoms with Crippen LogP contribution in [-0.2, 0) is 11.3 Å². The number of aromatic nitrogens is 3. The highest BCUT2D eigenvalue weighted by Crippen LogP contribution is 2.15. The summed E-state index contributed by atoms with van der Waals surface area (Å²) in [5.41, 5.74) is 1.20. The molecule has 8 nitrogen and oxygen atoms in total. The topological polar surface area (TPSA) is 102 Å². The lowest BCUT2D eigenvalue weighted by Gasteiger charge is -1.99. The maximum absolute atomic E-state index is 12.0. The van der Waals surface area contributed by atoms with Crippen molar-refractivity contribution in [3.63, 3.8) is 0 Å². The molecule has 21 heavy (non-hydrogen) atoms. The van der Waals surface area contributed by atoms with Gasteiger partial charge in [0.15, 0.2) is 0 Å². The Kier molecular flexibility index (Phi) is 4.36. The van der Waals surface area contributed by atoms with E-state index in [9.17, 15) is 9.59 Å². The maximum atomic E-state index is 12.0. The number of carbonyl (C=O) groups excluding carboxylic acids is 2. The SMILES string of the molecule is CNC(=O)Cn1cc(NC(=O)c2cc(C(C)C)no2)cn1.